The number of hydrogen-bond acceptors (Lipinski definition) is 4. The Balaban J connectivity index is 1.90. The molecule has 0 radical (unpaired) electrons. The summed E-state index contributed by atoms with van der Waals surface area (Å²) in [7, 11) is 0. The zero-order chi connectivity index (χ0) is 14.9. The smallest absolute Gasteiger partial charge is 0.181 e. The molecule has 18 heavy (non-hydrogen) atoms. The van der Waals surface area contributed by atoms with Gasteiger partial charge in [-0.15, -0.1) is 0 Å². The van der Waals surface area contributed by atoms with Gasteiger partial charge in [-0.2, -0.15) is 5.10 Å². The highest BCUT2D eigenvalue weighted by atomic mass is 15.2. The summed E-state index contributed by atoms with van der Waals surface area (Å²) in [6, 6.07) is 6.48. The summed E-state index contributed by atoms with van der Waals surface area (Å²) in [4.78, 5) is 12.4. The molecule has 0 aliphatic carbocycles. The predicted octanol–water partition coefficient (Wildman–Crippen LogP) is 2.24. The third-order valence-corrected chi connectivity index (χ3v) is 2.43. The highest BCUT2D eigenvalue weighted by Crippen LogP contribution is 2.18. The highest BCUT2D eigenvalue weighted by Gasteiger charge is 2.08. The molecule has 0 fully saturated rings. The standard InChI is InChI=1S/C13H11N5/c1-9-2-4-10(5-3-9)12-16-13(18-17-12)11-8-14-6-7-15-11/h2-8H,1H3,(H,16,17,18)/i1D3. The van der Waals surface area contributed by atoms with Gasteiger partial charge in [0.05, 0.1) is 6.20 Å². The number of nitrogens with one attached hydrogen (secondary N) is 1. The zero-order valence-corrected chi connectivity index (χ0v) is 9.33. The van der Waals surface area contributed by atoms with E-state index >= 15 is 0 Å². The Morgan fingerprint density at radius 2 is 2.06 bits per heavy atom. The summed E-state index contributed by atoms with van der Waals surface area (Å²) < 4.78 is 22.0. The Hall–Kier alpha value is -2.56. The van der Waals surface area contributed by atoms with Crippen molar-refractivity contribution in [2.24, 2.45) is 0 Å². The third-order valence-electron chi connectivity index (χ3n) is 2.43. The monoisotopic (exact) mass is 240 g/mol. The van der Waals surface area contributed by atoms with Gasteiger partial charge in [-0.1, -0.05) is 29.8 Å². The molecule has 3 rings (SSSR count). The summed E-state index contributed by atoms with van der Waals surface area (Å²) in [6.07, 6.45) is 4.74. The lowest BCUT2D eigenvalue weighted by Crippen LogP contribution is -1.86. The number of H-pyrrole nitrogens is 1. The Bertz CT molecular complexity index is 735. The molecular formula is C13H11N5. The van der Waals surface area contributed by atoms with E-state index in [9.17, 15) is 0 Å². The van der Waals surface area contributed by atoms with Crippen LogP contribution < -0.4 is 0 Å². The van der Waals surface area contributed by atoms with E-state index in [0.717, 1.165) is 5.56 Å². The van der Waals surface area contributed by atoms with Crippen LogP contribution in [0.25, 0.3) is 22.9 Å². The van der Waals surface area contributed by atoms with E-state index in [1.54, 1.807) is 42.9 Å². The molecule has 1 aromatic carbocycles. The summed E-state index contributed by atoms with van der Waals surface area (Å²) in [5.41, 5.74) is 1.61. The number of benzene rings is 1. The SMILES string of the molecule is [2H]C([2H])([2H])c1ccc(-c2n[nH]c(-c3cnccn3)n2)cc1. The molecule has 88 valence electrons. The first kappa shape index (κ1) is 7.71. The van der Waals surface area contributed by atoms with E-state index in [0.29, 0.717) is 17.3 Å². The first-order valence-corrected chi connectivity index (χ1v) is 5.34. The molecule has 3 aromatic rings. The van der Waals surface area contributed by atoms with Crippen LogP contribution in [0, 0.1) is 6.85 Å². The maximum atomic E-state index is 7.35. The molecule has 1 N–H and O–H groups in total. The van der Waals surface area contributed by atoms with Gasteiger partial charge in [0.2, 0.25) is 0 Å². The number of nitrogens with zero attached hydrogens (tertiary/aromatic N) is 4. The maximum Gasteiger partial charge on any atom is 0.181 e. The summed E-state index contributed by atoms with van der Waals surface area (Å²) >= 11 is 0. The van der Waals surface area contributed by atoms with Gasteiger partial charge >= 0.3 is 0 Å². The second-order valence-electron chi connectivity index (χ2n) is 3.68. The van der Waals surface area contributed by atoms with Crippen LogP contribution in [0.5, 0.6) is 0 Å². The van der Waals surface area contributed by atoms with Crippen LogP contribution in [-0.2, 0) is 0 Å². The average molecular weight is 240 g/mol. The molecule has 0 saturated heterocycles. The number of aromatic nitrogens is 5. The second-order valence-corrected chi connectivity index (χ2v) is 3.68. The van der Waals surface area contributed by atoms with Crippen LogP contribution in [0.4, 0.5) is 0 Å². The lowest BCUT2D eigenvalue weighted by atomic mass is 10.1. The van der Waals surface area contributed by atoms with Crippen molar-refractivity contribution in [3.63, 3.8) is 0 Å². The molecular weight excluding hydrogens is 226 g/mol. The van der Waals surface area contributed by atoms with Crippen LogP contribution in [0.2, 0.25) is 0 Å². The molecule has 0 spiro atoms. The molecule has 0 amide bonds. The van der Waals surface area contributed by atoms with Crippen molar-refractivity contribution < 1.29 is 4.11 Å². The van der Waals surface area contributed by atoms with Crippen molar-refractivity contribution in [3.8, 4) is 22.9 Å². The van der Waals surface area contributed by atoms with Crippen molar-refractivity contribution in [2.75, 3.05) is 0 Å². The van der Waals surface area contributed by atoms with Crippen molar-refractivity contribution in [1.82, 2.24) is 25.1 Å². The van der Waals surface area contributed by atoms with Gasteiger partial charge in [0, 0.05) is 22.1 Å². The van der Waals surface area contributed by atoms with Crippen LogP contribution in [0.3, 0.4) is 0 Å². The summed E-state index contributed by atoms with van der Waals surface area (Å²) in [5.74, 6) is 0.991. The van der Waals surface area contributed by atoms with Crippen LogP contribution >= 0.6 is 0 Å². The van der Waals surface area contributed by atoms with Gasteiger partial charge in [0.15, 0.2) is 11.6 Å². The fourth-order valence-corrected chi connectivity index (χ4v) is 1.55. The molecule has 0 aliphatic heterocycles. The van der Waals surface area contributed by atoms with Gasteiger partial charge in [-0.25, -0.2) is 9.97 Å². The molecule has 2 aromatic heterocycles. The lowest BCUT2D eigenvalue weighted by molar-refractivity contribution is 1.08. The van der Waals surface area contributed by atoms with Gasteiger partial charge in [-0.05, 0) is 6.85 Å². The minimum atomic E-state index is -2.11. The number of hydrogen-bond donors (Lipinski definition) is 1. The highest BCUT2D eigenvalue weighted by molar-refractivity contribution is 5.58. The van der Waals surface area contributed by atoms with Gasteiger partial charge in [0.1, 0.15) is 5.69 Å². The number of rotatable bonds is 2. The third kappa shape index (κ3) is 1.98. The van der Waals surface area contributed by atoms with E-state index < -0.39 is 6.85 Å². The van der Waals surface area contributed by atoms with E-state index in [1.165, 1.54) is 0 Å². The molecule has 0 aliphatic rings. The van der Waals surface area contributed by atoms with Crippen molar-refractivity contribution in [2.45, 2.75) is 6.85 Å². The van der Waals surface area contributed by atoms with E-state index in [-0.39, 0.29) is 5.56 Å². The first-order valence-electron chi connectivity index (χ1n) is 6.84. The zero-order valence-electron chi connectivity index (χ0n) is 12.3. The van der Waals surface area contributed by atoms with Gasteiger partial charge in [0.25, 0.3) is 0 Å². The van der Waals surface area contributed by atoms with Crippen molar-refractivity contribution in [3.05, 3.63) is 48.4 Å². The maximum absolute atomic E-state index is 7.35. The minimum absolute atomic E-state index is 0.288. The molecule has 0 saturated carbocycles. The van der Waals surface area contributed by atoms with Crippen LogP contribution in [-0.4, -0.2) is 25.1 Å². The quantitative estimate of drug-likeness (QED) is 0.746. The topological polar surface area (TPSA) is 67.3 Å². The Morgan fingerprint density at radius 1 is 1.17 bits per heavy atom. The fraction of sp³-hybridized carbons (Fsp3) is 0.0769. The molecule has 0 unspecified atom stereocenters. The van der Waals surface area contributed by atoms with Crippen molar-refractivity contribution >= 4 is 0 Å². The van der Waals surface area contributed by atoms with E-state index in [2.05, 4.69) is 25.1 Å². The fourth-order valence-electron chi connectivity index (χ4n) is 1.55. The second kappa shape index (κ2) is 4.37. The van der Waals surface area contributed by atoms with E-state index in [1.807, 2.05) is 0 Å². The first-order chi connectivity index (χ1) is 10.0. The molecule has 0 atom stereocenters. The molecule has 5 heteroatoms. The largest absolute Gasteiger partial charge is 0.261 e. The Kier molecular flexibility index (Phi) is 1.87. The van der Waals surface area contributed by atoms with Crippen LogP contribution in [0.1, 0.15) is 9.68 Å². The minimum Gasteiger partial charge on any atom is -0.261 e. The number of aryl methyl sites for hydroxylation is 1. The average Bonchev–Trinajstić information content (AvgIpc) is 2.97. The van der Waals surface area contributed by atoms with Gasteiger partial charge < -0.3 is 0 Å². The summed E-state index contributed by atoms with van der Waals surface area (Å²) in [5, 5.41) is 6.90. The molecule has 0 bridgehead atoms. The van der Waals surface area contributed by atoms with E-state index in [4.69, 9.17) is 4.11 Å². The number of aromatic amines is 1. The predicted molar refractivity (Wildman–Crippen MR) is 67.6 cm³/mol. The van der Waals surface area contributed by atoms with Crippen molar-refractivity contribution in [1.29, 1.82) is 0 Å². The Morgan fingerprint density at radius 3 is 2.78 bits per heavy atom. The molecule has 2 heterocycles. The lowest BCUT2D eigenvalue weighted by Gasteiger charge is -1.95. The Labute approximate surface area is 108 Å². The van der Waals surface area contributed by atoms with Gasteiger partial charge in [-0.3, -0.25) is 10.1 Å². The summed E-state index contributed by atoms with van der Waals surface area (Å²) in [6.45, 7) is -2.11. The van der Waals surface area contributed by atoms with Crippen LogP contribution in [0.15, 0.2) is 42.9 Å². The normalized spacial score (nSPS) is 13.7. The molecule has 5 nitrogen and oxygen atoms in total.